The van der Waals surface area contributed by atoms with Gasteiger partial charge in [0, 0.05) is 5.56 Å². The van der Waals surface area contributed by atoms with Crippen molar-refractivity contribution in [2.45, 2.75) is 0 Å². The van der Waals surface area contributed by atoms with Crippen molar-refractivity contribution < 1.29 is 29.0 Å². The molecule has 0 aromatic heterocycles. The second-order valence-electron chi connectivity index (χ2n) is 4.33. The van der Waals surface area contributed by atoms with Gasteiger partial charge in [0.1, 0.15) is 5.82 Å². The highest BCUT2D eigenvalue weighted by atomic mass is 19.1. The molecule has 0 heterocycles. The van der Waals surface area contributed by atoms with Gasteiger partial charge in [0.25, 0.3) is 5.91 Å². The van der Waals surface area contributed by atoms with E-state index in [1.807, 2.05) is 0 Å². The Morgan fingerprint density at radius 1 is 0.864 bits per heavy atom. The SMILES string of the molecule is O=C(O)c1ccc(C(=O)O)c(NC(=O)c2ccc(F)cc2)c1. The summed E-state index contributed by atoms with van der Waals surface area (Å²) in [4.78, 5) is 34.1. The molecule has 1 amide bonds. The lowest BCUT2D eigenvalue weighted by atomic mass is 10.1. The zero-order valence-corrected chi connectivity index (χ0v) is 11.0. The van der Waals surface area contributed by atoms with Crippen molar-refractivity contribution in [2.24, 2.45) is 0 Å². The minimum atomic E-state index is -1.31. The van der Waals surface area contributed by atoms with E-state index in [-0.39, 0.29) is 22.4 Å². The van der Waals surface area contributed by atoms with E-state index in [2.05, 4.69) is 5.32 Å². The van der Waals surface area contributed by atoms with E-state index in [0.717, 1.165) is 30.3 Å². The van der Waals surface area contributed by atoms with Crippen LogP contribution in [0.1, 0.15) is 31.1 Å². The lowest BCUT2D eigenvalue weighted by molar-refractivity contribution is 0.0682. The lowest BCUT2D eigenvalue weighted by Crippen LogP contribution is -2.15. The predicted octanol–water partition coefficient (Wildman–Crippen LogP) is 2.47. The van der Waals surface area contributed by atoms with Gasteiger partial charge >= 0.3 is 11.9 Å². The van der Waals surface area contributed by atoms with Crippen molar-refractivity contribution >= 4 is 23.5 Å². The number of carbonyl (C=O) groups excluding carboxylic acids is 1. The minimum Gasteiger partial charge on any atom is -0.478 e. The van der Waals surface area contributed by atoms with E-state index in [0.29, 0.717) is 0 Å². The summed E-state index contributed by atoms with van der Waals surface area (Å²) in [6.45, 7) is 0. The molecular formula is C15H10FNO5. The fraction of sp³-hybridized carbons (Fsp3) is 0. The predicted molar refractivity (Wildman–Crippen MR) is 74.7 cm³/mol. The number of carboxylic acid groups (broad SMARTS) is 2. The van der Waals surface area contributed by atoms with Crippen LogP contribution in [0.3, 0.4) is 0 Å². The molecule has 0 unspecified atom stereocenters. The Morgan fingerprint density at radius 2 is 1.45 bits per heavy atom. The zero-order valence-electron chi connectivity index (χ0n) is 11.0. The van der Waals surface area contributed by atoms with Gasteiger partial charge in [-0.2, -0.15) is 0 Å². The Kier molecular flexibility index (Phi) is 4.17. The first kappa shape index (κ1) is 15.2. The number of hydrogen-bond donors (Lipinski definition) is 3. The van der Waals surface area contributed by atoms with Gasteiger partial charge in [-0.05, 0) is 42.5 Å². The van der Waals surface area contributed by atoms with Crippen LogP contribution in [-0.4, -0.2) is 28.1 Å². The maximum Gasteiger partial charge on any atom is 0.337 e. The normalized spacial score (nSPS) is 10.0. The van der Waals surface area contributed by atoms with Gasteiger partial charge in [-0.15, -0.1) is 0 Å². The van der Waals surface area contributed by atoms with E-state index in [1.54, 1.807) is 0 Å². The topological polar surface area (TPSA) is 104 Å². The first-order valence-electron chi connectivity index (χ1n) is 6.06. The van der Waals surface area contributed by atoms with Crippen LogP contribution in [0.5, 0.6) is 0 Å². The summed E-state index contributed by atoms with van der Waals surface area (Å²) in [6, 6.07) is 7.89. The molecule has 0 aliphatic heterocycles. The molecule has 6 nitrogen and oxygen atoms in total. The van der Waals surface area contributed by atoms with E-state index >= 15 is 0 Å². The zero-order chi connectivity index (χ0) is 16.3. The van der Waals surface area contributed by atoms with Gasteiger partial charge in [0.05, 0.1) is 16.8 Å². The maximum absolute atomic E-state index is 12.8. The molecule has 0 spiro atoms. The average molecular weight is 303 g/mol. The van der Waals surface area contributed by atoms with Gasteiger partial charge in [0.2, 0.25) is 0 Å². The maximum atomic E-state index is 12.8. The number of anilines is 1. The van der Waals surface area contributed by atoms with Crippen LogP contribution < -0.4 is 5.32 Å². The Labute approximate surface area is 123 Å². The summed E-state index contributed by atoms with van der Waals surface area (Å²) < 4.78 is 12.8. The van der Waals surface area contributed by atoms with E-state index in [1.165, 1.54) is 12.1 Å². The molecule has 0 aliphatic rings. The highest BCUT2D eigenvalue weighted by Gasteiger charge is 2.16. The van der Waals surface area contributed by atoms with Crippen molar-refractivity contribution in [1.29, 1.82) is 0 Å². The van der Waals surface area contributed by atoms with Gasteiger partial charge < -0.3 is 15.5 Å². The Bertz CT molecular complexity index is 755. The van der Waals surface area contributed by atoms with Crippen LogP contribution in [0.25, 0.3) is 0 Å². The van der Waals surface area contributed by atoms with Crippen molar-refractivity contribution in [2.75, 3.05) is 5.32 Å². The number of nitrogens with one attached hydrogen (secondary N) is 1. The van der Waals surface area contributed by atoms with Crippen LogP contribution in [0.2, 0.25) is 0 Å². The largest absolute Gasteiger partial charge is 0.478 e. The van der Waals surface area contributed by atoms with Crippen LogP contribution in [-0.2, 0) is 0 Å². The molecule has 0 atom stereocenters. The molecule has 2 aromatic rings. The highest BCUT2D eigenvalue weighted by molar-refractivity contribution is 6.08. The highest BCUT2D eigenvalue weighted by Crippen LogP contribution is 2.19. The van der Waals surface area contributed by atoms with Gasteiger partial charge in [-0.25, -0.2) is 14.0 Å². The van der Waals surface area contributed by atoms with Crippen molar-refractivity contribution in [3.05, 3.63) is 65.0 Å². The summed E-state index contributed by atoms with van der Waals surface area (Å²) >= 11 is 0. The van der Waals surface area contributed by atoms with Crippen LogP contribution in [0, 0.1) is 5.82 Å². The summed E-state index contributed by atoms with van der Waals surface area (Å²) in [6.07, 6.45) is 0. The first-order valence-corrected chi connectivity index (χ1v) is 6.06. The second kappa shape index (κ2) is 6.04. The summed E-state index contributed by atoms with van der Waals surface area (Å²) in [5.74, 6) is -3.76. The molecule has 0 bridgehead atoms. The monoisotopic (exact) mass is 303 g/mol. The Hall–Kier alpha value is -3.22. The van der Waals surface area contributed by atoms with Crippen LogP contribution >= 0.6 is 0 Å². The third kappa shape index (κ3) is 3.26. The van der Waals surface area contributed by atoms with Crippen LogP contribution in [0.15, 0.2) is 42.5 Å². The third-order valence-corrected chi connectivity index (χ3v) is 2.85. The van der Waals surface area contributed by atoms with Crippen molar-refractivity contribution in [3.8, 4) is 0 Å². The molecular weight excluding hydrogens is 293 g/mol. The molecule has 0 saturated heterocycles. The number of carbonyl (C=O) groups is 3. The molecule has 2 rings (SSSR count). The number of hydrogen-bond acceptors (Lipinski definition) is 3. The fourth-order valence-corrected chi connectivity index (χ4v) is 1.76. The number of benzene rings is 2. The molecule has 7 heteroatoms. The van der Waals surface area contributed by atoms with Crippen molar-refractivity contribution in [3.63, 3.8) is 0 Å². The van der Waals surface area contributed by atoms with Gasteiger partial charge in [0.15, 0.2) is 0 Å². The molecule has 2 aromatic carbocycles. The number of rotatable bonds is 4. The summed E-state index contributed by atoms with van der Waals surface area (Å²) in [7, 11) is 0. The Balaban J connectivity index is 2.36. The minimum absolute atomic E-state index is 0.110. The fourth-order valence-electron chi connectivity index (χ4n) is 1.76. The molecule has 0 aliphatic carbocycles. The van der Waals surface area contributed by atoms with Gasteiger partial charge in [-0.1, -0.05) is 0 Å². The number of carboxylic acids is 2. The molecule has 0 radical (unpaired) electrons. The standard InChI is InChI=1S/C15H10FNO5/c16-10-4-1-8(2-5-10)13(18)17-12-7-9(14(19)20)3-6-11(12)15(21)22/h1-7H,(H,17,18)(H,19,20)(H,21,22). The molecule has 3 N–H and O–H groups in total. The third-order valence-electron chi connectivity index (χ3n) is 2.85. The molecule has 22 heavy (non-hydrogen) atoms. The average Bonchev–Trinajstić information content (AvgIpc) is 2.47. The quantitative estimate of drug-likeness (QED) is 0.805. The van der Waals surface area contributed by atoms with Crippen molar-refractivity contribution in [1.82, 2.24) is 0 Å². The summed E-state index contributed by atoms with van der Waals surface area (Å²) in [5, 5.41) is 20.3. The van der Waals surface area contributed by atoms with E-state index < -0.39 is 23.7 Å². The Morgan fingerprint density at radius 3 is 2.00 bits per heavy atom. The number of halogens is 1. The van der Waals surface area contributed by atoms with Gasteiger partial charge in [-0.3, -0.25) is 4.79 Å². The lowest BCUT2D eigenvalue weighted by Gasteiger charge is -2.09. The second-order valence-corrected chi connectivity index (χ2v) is 4.33. The number of aromatic carboxylic acids is 2. The van der Waals surface area contributed by atoms with E-state index in [9.17, 15) is 18.8 Å². The smallest absolute Gasteiger partial charge is 0.337 e. The molecule has 112 valence electrons. The summed E-state index contributed by atoms with van der Waals surface area (Å²) in [5.41, 5.74) is -0.458. The number of amides is 1. The van der Waals surface area contributed by atoms with E-state index in [4.69, 9.17) is 10.2 Å². The molecule has 0 saturated carbocycles. The molecule has 0 fully saturated rings. The van der Waals surface area contributed by atoms with Crippen LogP contribution in [0.4, 0.5) is 10.1 Å². The first-order chi connectivity index (χ1) is 10.4.